The van der Waals surface area contributed by atoms with Crippen LogP contribution in [0, 0.1) is 11.3 Å². The van der Waals surface area contributed by atoms with E-state index in [2.05, 4.69) is 10.1 Å². The molecule has 12 heteroatoms. The molecule has 1 N–H and O–H groups in total. The molecule has 1 aliphatic heterocycles. The van der Waals surface area contributed by atoms with E-state index in [-0.39, 0.29) is 25.5 Å². The van der Waals surface area contributed by atoms with Gasteiger partial charge in [-0.2, -0.15) is 23.5 Å². The lowest BCUT2D eigenvalue weighted by Gasteiger charge is -2.26. The molecule has 0 aromatic carbocycles. The maximum Gasteiger partial charge on any atom is 0.425 e. The van der Waals surface area contributed by atoms with Crippen LogP contribution in [0.4, 0.5) is 13.2 Å². The summed E-state index contributed by atoms with van der Waals surface area (Å²) in [6.45, 7) is 2.41. The second kappa shape index (κ2) is 10.9. The predicted molar refractivity (Wildman–Crippen MR) is 114 cm³/mol. The molecule has 0 fully saturated rings. The Morgan fingerprint density at radius 2 is 2.15 bits per heavy atom. The Balaban J connectivity index is 1.43. The van der Waals surface area contributed by atoms with E-state index in [0.29, 0.717) is 25.1 Å². The summed E-state index contributed by atoms with van der Waals surface area (Å²) in [7, 11) is 0. The van der Waals surface area contributed by atoms with Crippen LogP contribution in [0.1, 0.15) is 36.6 Å². The van der Waals surface area contributed by atoms with Gasteiger partial charge in [0.1, 0.15) is 12.2 Å². The van der Waals surface area contributed by atoms with E-state index < -0.39 is 29.2 Å². The molecule has 3 heterocycles. The van der Waals surface area contributed by atoms with E-state index in [1.165, 1.54) is 13.1 Å². The monoisotopic (exact) mass is 477 g/mol. The zero-order valence-corrected chi connectivity index (χ0v) is 18.3. The van der Waals surface area contributed by atoms with Crippen molar-refractivity contribution in [2.24, 2.45) is 0 Å². The number of rotatable bonds is 8. The number of H-pyrrole nitrogens is 1. The van der Waals surface area contributed by atoms with Gasteiger partial charge in [-0.25, -0.2) is 5.10 Å². The van der Waals surface area contributed by atoms with Crippen LogP contribution in [-0.4, -0.2) is 58.4 Å². The number of amides is 1. The Labute approximate surface area is 192 Å². The Morgan fingerprint density at radius 3 is 2.76 bits per heavy atom. The summed E-state index contributed by atoms with van der Waals surface area (Å²) in [5.41, 5.74) is -0.599. The second-order valence-electron chi connectivity index (χ2n) is 7.55. The molecule has 0 spiro atoms. The molecule has 0 saturated heterocycles. The van der Waals surface area contributed by atoms with E-state index in [1.54, 1.807) is 22.1 Å². The van der Waals surface area contributed by atoms with E-state index in [4.69, 9.17) is 14.7 Å². The minimum atomic E-state index is -4.89. The van der Waals surface area contributed by atoms with Crippen molar-refractivity contribution in [1.82, 2.24) is 20.1 Å². The van der Waals surface area contributed by atoms with Gasteiger partial charge in [0.05, 0.1) is 37.1 Å². The highest BCUT2D eigenvalue weighted by Crippen LogP contribution is 2.33. The minimum Gasteiger partial charge on any atom is -0.486 e. The van der Waals surface area contributed by atoms with Crippen molar-refractivity contribution in [2.75, 3.05) is 26.3 Å². The molecule has 180 valence electrons. The van der Waals surface area contributed by atoms with Gasteiger partial charge in [0.25, 0.3) is 5.56 Å². The molecule has 2 aromatic heterocycles. The lowest BCUT2D eigenvalue weighted by Crippen LogP contribution is -2.35. The molecular weight excluding hydrogens is 455 g/mol. The Kier molecular flexibility index (Phi) is 8.01. The van der Waals surface area contributed by atoms with Crippen LogP contribution < -0.4 is 10.3 Å². The molecule has 1 unspecified atom stereocenters. The summed E-state index contributed by atoms with van der Waals surface area (Å²) in [5.74, 6) is -0.800. The Morgan fingerprint density at radius 1 is 1.35 bits per heavy atom. The number of aromatic amines is 1. The number of nitriles is 1. The number of carbonyl (C=O) groups excluding carboxylic acids is 1. The predicted octanol–water partition coefficient (Wildman–Crippen LogP) is 2.55. The van der Waals surface area contributed by atoms with Crippen molar-refractivity contribution < 1.29 is 27.4 Å². The fraction of sp³-hybridized carbons (Fsp3) is 0.409. The molecule has 1 atom stereocenters. The zero-order valence-electron chi connectivity index (χ0n) is 18.3. The van der Waals surface area contributed by atoms with E-state index >= 15 is 0 Å². The molecule has 3 rings (SSSR count). The molecule has 0 aliphatic carbocycles. The summed E-state index contributed by atoms with van der Waals surface area (Å²) >= 11 is 0. The van der Waals surface area contributed by atoms with Crippen LogP contribution >= 0.6 is 0 Å². The fourth-order valence-electron chi connectivity index (χ4n) is 3.34. The fourth-order valence-corrected chi connectivity index (χ4v) is 3.34. The number of aromatic nitrogens is 3. The molecule has 34 heavy (non-hydrogen) atoms. The number of pyridine rings is 1. The van der Waals surface area contributed by atoms with Gasteiger partial charge >= 0.3 is 6.18 Å². The highest BCUT2D eigenvalue weighted by atomic mass is 19.4. The molecule has 2 aromatic rings. The average Bonchev–Trinajstić information content (AvgIpc) is 2.81. The first-order valence-electron chi connectivity index (χ1n) is 10.4. The standard InChI is InChI=1S/C22H22F3N5O4/c1-14(34-18-12-28-29-21(32)20(18)22(23,24)25)13-33-9-6-19(31)30-7-4-16(5-8-30)17-3-2-15(10-26)11-27-17/h2-4,11-12,14H,5-9,13H2,1H3,(H,29,32). The Hall–Kier alpha value is -3.72. The van der Waals surface area contributed by atoms with E-state index in [9.17, 15) is 22.8 Å². The third-order valence-electron chi connectivity index (χ3n) is 5.03. The molecule has 9 nitrogen and oxygen atoms in total. The Bertz CT molecular complexity index is 1140. The SMILES string of the molecule is CC(COCCC(=O)N1CC=C(c2ccc(C#N)cn2)CC1)Oc1cn[nH]c(=O)c1C(F)(F)F. The van der Waals surface area contributed by atoms with Gasteiger partial charge < -0.3 is 14.4 Å². The molecular formula is C22H22F3N5O4. The van der Waals surface area contributed by atoms with E-state index in [1.807, 2.05) is 12.1 Å². The van der Waals surface area contributed by atoms with Gasteiger partial charge in [0.2, 0.25) is 5.91 Å². The van der Waals surface area contributed by atoms with Gasteiger partial charge in [-0.15, -0.1) is 0 Å². The van der Waals surface area contributed by atoms with Crippen LogP contribution in [0.5, 0.6) is 5.75 Å². The first kappa shape index (κ1) is 24.9. The number of hydrogen-bond donors (Lipinski definition) is 1. The first-order chi connectivity index (χ1) is 16.2. The van der Waals surface area contributed by atoms with Crippen molar-refractivity contribution >= 4 is 11.5 Å². The summed E-state index contributed by atoms with van der Waals surface area (Å²) in [5, 5.41) is 13.9. The van der Waals surface area contributed by atoms with Crippen LogP contribution in [0.25, 0.3) is 5.57 Å². The normalized spacial score (nSPS) is 14.8. The summed E-state index contributed by atoms with van der Waals surface area (Å²) in [4.78, 5) is 29.8. The maximum atomic E-state index is 13.1. The summed E-state index contributed by atoms with van der Waals surface area (Å²) < 4.78 is 49.8. The smallest absolute Gasteiger partial charge is 0.425 e. The van der Waals surface area contributed by atoms with Crippen LogP contribution in [-0.2, 0) is 15.7 Å². The highest BCUT2D eigenvalue weighted by molar-refractivity contribution is 5.78. The number of alkyl halides is 3. The average molecular weight is 477 g/mol. The third kappa shape index (κ3) is 6.41. The van der Waals surface area contributed by atoms with Crippen LogP contribution in [0.15, 0.2) is 35.4 Å². The van der Waals surface area contributed by atoms with Gasteiger partial charge in [-0.3, -0.25) is 14.6 Å². The second-order valence-corrected chi connectivity index (χ2v) is 7.55. The third-order valence-corrected chi connectivity index (χ3v) is 5.03. The minimum absolute atomic E-state index is 0.0660. The van der Waals surface area contributed by atoms with Gasteiger partial charge in [-0.05, 0) is 31.1 Å². The van der Waals surface area contributed by atoms with Crippen molar-refractivity contribution in [3.8, 4) is 11.8 Å². The topological polar surface area (TPSA) is 121 Å². The van der Waals surface area contributed by atoms with Crippen LogP contribution in [0.3, 0.4) is 0 Å². The van der Waals surface area contributed by atoms with Gasteiger partial charge in [0.15, 0.2) is 11.3 Å². The largest absolute Gasteiger partial charge is 0.486 e. The van der Waals surface area contributed by atoms with Gasteiger partial charge in [-0.1, -0.05) is 6.08 Å². The number of carbonyl (C=O) groups is 1. The molecule has 0 radical (unpaired) electrons. The van der Waals surface area contributed by atoms with Crippen LogP contribution in [0.2, 0.25) is 0 Å². The quantitative estimate of drug-likeness (QED) is 0.580. The van der Waals surface area contributed by atoms with Crippen molar-refractivity contribution in [3.05, 3.63) is 57.8 Å². The number of ether oxygens (including phenoxy) is 2. The van der Waals surface area contributed by atoms with Crippen molar-refractivity contribution in [3.63, 3.8) is 0 Å². The lowest BCUT2D eigenvalue weighted by molar-refractivity contribution is -0.141. The molecule has 0 bridgehead atoms. The highest BCUT2D eigenvalue weighted by Gasteiger charge is 2.38. The molecule has 0 saturated carbocycles. The first-order valence-corrected chi connectivity index (χ1v) is 10.4. The van der Waals surface area contributed by atoms with Crippen molar-refractivity contribution in [1.29, 1.82) is 5.26 Å². The molecule has 1 aliphatic rings. The maximum absolute atomic E-state index is 13.1. The number of hydrogen-bond acceptors (Lipinski definition) is 7. The lowest BCUT2D eigenvalue weighted by atomic mass is 10.0. The van der Waals surface area contributed by atoms with E-state index in [0.717, 1.165) is 17.5 Å². The zero-order chi connectivity index (χ0) is 24.7. The van der Waals surface area contributed by atoms with Crippen molar-refractivity contribution in [2.45, 2.75) is 32.0 Å². The summed E-state index contributed by atoms with van der Waals surface area (Å²) in [6, 6.07) is 5.49. The number of nitrogens with one attached hydrogen (secondary N) is 1. The molecule has 1 amide bonds. The summed E-state index contributed by atoms with van der Waals surface area (Å²) in [6.07, 6.45) is -0.756. The van der Waals surface area contributed by atoms with Gasteiger partial charge in [0, 0.05) is 19.3 Å². The number of halogens is 3. The number of nitrogens with zero attached hydrogens (tertiary/aromatic N) is 4.